The van der Waals surface area contributed by atoms with E-state index >= 15 is 0 Å². The number of hydrogen-bond donors (Lipinski definition) is 0. The minimum absolute atomic E-state index is 0. The van der Waals surface area contributed by atoms with Crippen molar-refractivity contribution in [1.29, 1.82) is 0 Å². The third kappa shape index (κ3) is 3.15. The first kappa shape index (κ1) is 12.9. The summed E-state index contributed by atoms with van der Waals surface area (Å²) >= 11 is 0. The van der Waals surface area contributed by atoms with Gasteiger partial charge in [0.1, 0.15) is 0 Å². The number of allylic oxidation sites excluding steroid dienone is 8. The van der Waals surface area contributed by atoms with Gasteiger partial charge in [-0.3, -0.25) is 0 Å². The van der Waals surface area contributed by atoms with Crippen molar-refractivity contribution in [1.82, 2.24) is 0 Å². The van der Waals surface area contributed by atoms with Crippen molar-refractivity contribution in [2.75, 3.05) is 0 Å². The molecule has 0 atom stereocenters. The zero-order valence-electron chi connectivity index (χ0n) is 9.37. The molecule has 0 fully saturated rings. The van der Waals surface area contributed by atoms with Gasteiger partial charge in [-0.05, 0) is 19.3 Å². The van der Waals surface area contributed by atoms with Gasteiger partial charge in [-0.15, -0.1) is 0 Å². The SMILES string of the molecule is CCCC(C1=CC=CC1)C1=CC=CC1.[Zr]. The molecule has 0 aromatic heterocycles. The molecule has 0 amide bonds. The van der Waals surface area contributed by atoms with Crippen LogP contribution in [0.2, 0.25) is 0 Å². The Bertz CT molecular complexity index is 288. The van der Waals surface area contributed by atoms with Crippen molar-refractivity contribution in [3.63, 3.8) is 0 Å². The Balaban J connectivity index is 0.00000112. The Kier molecular flexibility index (Phi) is 5.54. The summed E-state index contributed by atoms with van der Waals surface area (Å²) in [6.45, 7) is 2.28. The van der Waals surface area contributed by atoms with Crippen LogP contribution in [0.3, 0.4) is 0 Å². The van der Waals surface area contributed by atoms with E-state index in [9.17, 15) is 0 Å². The predicted molar refractivity (Wildman–Crippen MR) is 62.1 cm³/mol. The Hall–Kier alpha value is -0.157. The van der Waals surface area contributed by atoms with Crippen LogP contribution in [-0.2, 0) is 26.2 Å². The van der Waals surface area contributed by atoms with Crippen LogP contribution in [0.4, 0.5) is 0 Å². The monoisotopic (exact) mass is 276 g/mol. The molecular formula is C14H18Zr. The van der Waals surface area contributed by atoms with Crippen molar-refractivity contribution in [2.24, 2.45) is 5.92 Å². The minimum Gasteiger partial charge on any atom is -0.0804 e. The summed E-state index contributed by atoms with van der Waals surface area (Å²) < 4.78 is 0. The van der Waals surface area contributed by atoms with E-state index < -0.39 is 0 Å². The Morgan fingerprint density at radius 3 is 1.93 bits per heavy atom. The van der Waals surface area contributed by atoms with Gasteiger partial charge in [-0.25, -0.2) is 0 Å². The molecule has 1 heteroatoms. The van der Waals surface area contributed by atoms with Gasteiger partial charge in [0.25, 0.3) is 0 Å². The van der Waals surface area contributed by atoms with Gasteiger partial charge < -0.3 is 0 Å². The molecule has 2 aliphatic rings. The fourth-order valence-electron chi connectivity index (χ4n) is 2.34. The van der Waals surface area contributed by atoms with Gasteiger partial charge in [0.2, 0.25) is 0 Å². The fraction of sp³-hybridized carbons (Fsp3) is 0.429. The molecule has 0 N–H and O–H groups in total. The molecule has 78 valence electrons. The summed E-state index contributed by atoms with van der Waals surface area (Å²) in [5.41, 5.74) is 3.23. The second-order valence-electron chi connectivity index (χ2n) is 4.09. The van der Waals surface area contributed by atoms with E-state index in [1.807, 2.05) is 0 Å². The maximum Gasteiger partial charge on any atom is 0.00193 e. The molecule has 0 bridgehead atoms. The molecule has 0 aromatic carbocycles. The van der Waals surface area contributed by atoms with Crippen LogP contribution in [-0.4, -0.2) is 0 Å². The van der Waals surface area contributed by atoms with Crippen LogP contribution in [0.15, 0.2) is 47.6 Å². The molecular weight excluding hydrogens is 259 g/mol. The van der Waals surface area contributed by atoms with Crippen molar-refractivity contribution >= 4 is 0 Å². The topological polar surface area (TPSA) is 0 Å². The van der Waals surface area contributed by atoms with Crippen molar-refractivity contribution in [3.8, 4) is 0 Å². The van der Waals surface area contributed by atoms with E-state index in [1.165, 1.54) is 25.7 Å². The molecule has 2 aliphatic carbocycles. The maximum absolute atomic E-state index is 2.31. The maximum atomic E-state index is 2.31. The smallest absolute Gasteiger partial charge is 0.00193 e. The van der Waals surface area contributed by atoms with E-state index in [-0.39, 0.29) is 26.2 Å². The van der Waals surface area contributed by atoms with Crippen LogP contribution in [0.5, 0.6) is 0 Å². The molecule has 0 spiro atoms. The van der Waals surface area contributed by atoms with Crippen LogP contribution in [0.25, 0.3) is 0 Å². The summed E-state index contributed by atoms with van der Waals surface area (Å²) in [7, 11) is 0. The molecule has 0 nitrogen and oxygen atoms in total. The quantitative estimate of drug-likeness (QED) is 0.723. The third-order valence-corrected chi connectivity index (χ3v) is 3.07. The Labute approximate surface area is 112 Å². The molecule has 0 radical (unpaired) electrons. The molecule has 15 heavy (non-hydrogen) atoms. The van der Waals surface area contributed by atoms with Gasteiger partial charge in [-0.2, -0.15) is 0 Å². The third-order valence-electron chi connectivity index (χ3n) is 3.07. The Morgan fingerprint density at radius 2 is 1.60 bits per heavy atom. The van der Waals surface area contributed by atoms with E-state index in [4.69, 9.17) is 0 Å². The fourth-order valence-corrected chi connectivity index (χ4v) is 2.34. The normalized spacial score (nSPS) is 18.0. The first-order valence-electron chi connectivity index (χ1n) is 5.63. The zero-order chi connectivity index (χ0) is 9.80. The zero-order valence-corrected chi connectivity index (χ0v) is 11.8. The standard InChI is InChI=1S/C14H18.Zr/c1-2-7-14(12-8-3-4-9-12)13-10-5-6-11-13;/h3-6,8,10,14H,2,7,9,11H2,1H3;. The Morgan fingerprint density at radius 1 is 1.07 bits per heavy atom. The van der Waals surface area contributed by atoms with Gasteiger partial charge >= 0.3 is 0 Å². The summed E-state index contributed by atoms with van der Waals surface area (Å²) in [6.07, 6.45) is 18.5. The van der Waals surface area contributed by atoms with Gasteiger partial charge in [0.15, 0.2) is 0 Å². The number of rotatable bonds is 4. The van der Waals surface area contributed by atoms with Crippen LogP contribution < -0.4 is 0 Å². The van der Waals surface area contributed by atoms with E-state index in [1.54, 1.807) is 11.1 Å². The average molecular weight is 278 g/mol. The molecule has 0 saturated carbocycles. The predicted octanol–water partition coefficient (Wildman–Crippen LogP) is 4.17. The largest absolute Gasteiger partial charge is 0.0804 e. The van der Waals surface area contributed by atoms with E-state index in [0.717, 1.165) is 0 Å². The van der Waals surface area contributed by atoms with Crippen molar-refractivity contribution in [3.05, 3.63) is 47.6 Å². The van der Waals surface area contributed by atoms with Crippen molar-refractivity contribution < 1.29 is 26.2 Å². The second kappa shape index (κ2) is 6.43. The van der Waals surface area contributed by atoms with Gasteiger partial charge in [-0.1, -0.05) is 60.9 Å². The van der Waals surface area contributed by atoms with Gasteiger partial charge in [0, 0.05) is 32.1 Å². The van der Waals surface area contributed by atoms with Gasteiger partial charge in [0.05, 0.1) is 0 Å². The average Bonchev–Trinajstić information content (AvgIpc) is 2.87. The molecule has 0 heterocycles. The minimum atomic E-state index is 0. The molecule has 2 rings (SSSR count). The first-order valence-corrected chi connectivity index (χ1v) is 5.63. The second-order valence-corrected chi connectivity index (χ2v) is 4.09. The summed E-state index contributed by atoms with van der Waals surface area (Å²) in [4.78, 5) is 0. The summed E-state index contributed by atoms with van der Waals surface area (Å²) in [5, 5.41) is 0. The van der Waals surface area contributed by atoms with Crippen molar-refractivity contribution in [2.45, 2.75) is 32.6 Å². The molecule has 0 saturated heterocycles. The van der Waals surface area contributed by atoms with Crippen LogP contribution in [0.1, 0.15) is 32.6 Å². The summed E-state index contributed by atoms with van der Waals surface area (Å²) in [5.74, 6) is 0.713. The van der Waals surface area contributed by atoms with Crippen LogP contribution in [0, 0.1) is 5.92 Å². The molecule has 0 unspecified atom stereocenters. The number of hydrogen-bond acceptors (Lipinski definition) is 0. The first-order chi connectivity index (χ1) is 6.92. The van der Waals surface area contributed by atoms with E-state index in [0.29, 0.717) is 5.92 Å². The molecule has 0 aliphatic heterocycles. The summed E-state index contributed by atoms with van der Waals surface area (Å²) in [6, 6.07) is 0. The van der Waals surface area contributed by atoms with Crippen LogP contribution >= 0.6 is 0 Å². The molecule has 0 aromatic rings. The van der Waals surface area contributed by atoms with E-state index in [2.05, 4.69) is 43.4 Å².